The number of aromatic amines is 1. The molecule has 1 amide bonds. The van der Waals surface area contributed by atoms with E-state index in [9.17, 15) is 4.79 Å². The van der Waals surface area contributed by atoms with E-state index in [1.54, 1.807) is 0 Å². The van der Waals surface area contributed by atoms with Crippen molar-refractivity contribution in [2.24, 2.45) is 7.05 Å². The molecule has 0 spiro atoms. The lowest BCUT2D eigenvalue weighted by atomic mass is 10.0. The fourth-order valence-corrected chi connectivity index (χ4v) is 2.43. The van der Waals surface area contributed by atoms with Crippen LogP contribution in [-0.4, -0.2) is 20.7 Å². The lowest BCUT2D eigenvalue weighted by Crippen LogP contribution is -2.12. The first-order valence-corrected chi connectivity index (χ1v) is 6.56. The maximum Gasteiger partial charge on any atom is 0.251 e. The Hall–Kier alpha value is -1.95. The normalized spacial score (nSPS) is 13.4. The molecular weight excluding hydrogens is 260 g/mol. The van der Waals surface area contributed by atoms with Crippen molar-refractivity contribution in [2.75, 3.05) is 0 Å². The minimum absolute atomic E-state index is 0.0232. The van der Waals surface area contributed by atoms with E-state index in [4.69, 9.17) is 12.2 Å². The van der Waals surface area contributed by atoms with E-state index >= 15 is 0 Å². The van der Waals surface area contributed by atoms with Crippen LogP contribution in [0.3, 0.4) is 0 Å². The number of benzene rings is 1. The van der Waals surface area contributed by atoms with Gasteiger partial charge in [0.1, 0.15) is 5.82 Å². The van der Waals surface area contributed by atoms with Gasteiger partial charge in [-0.1, -0.05) is 12.1 Å². The van der Waals surface area contributed by atoms with E-state index in [1.807, 2.05) is 23.7 Å². The highest BCUT2D eigenvalue weighted by Crippen LogP contribution is 2.18. The Balaban J connectivity index is 1.78. The van der Waals surface area contributed by atoms with Crippen molar-refractivity contribution in [3.05, 3.63) is 45.5 Å². The minimum atomic E-state index is 0.0232. The van der Waals surface area contributed by atoms with E-state index < -0.39 is 0 Å². The quantitative estimate of drug-likeness (QED) is 0.834. The lowest BCUT2D eigenvalue weighted by molar-refractivity contribution is 0.0965. The zero-order valence-corrected chi connectivity index (χ0v) is 11.4. The number of rotatable bonds is 3. The third-order valence-electron chi connectivity index (χ3n) is 3.47. The first-order chi connectivity index (χ1) is 9.15. The average molecular weight is 274 g/mol. The van der Waals surface area contributed by atoms with Gasteiger partial charge in [-0.15, -0.1) is 0 Å². The number of carbonyl (C=O) groups excluding carboxylic acids is 1. The fraction of sp³-hybridized carbons (Fsp3) is 0.308. The molecule has 1 aliphatic heterocycles. The Morgan fingerprint density at radius 2 is 2.26 bits per heavy atom. The maximum absolute atomic E-state index is 11.6. The molecule has 0 saturated carbocycles. The summed E-state index contributed by atoms with van der Waals surface area (Å²) in [5.41, 5.74) is 3.02. The molecule has 19 heavy (non-hydrogen) atoms. The topological polar surface area (TPSA) is 62.7 Å². The third kappa shape index (κ3) is 2.19. The number of hydrogen-bond acceptors (Lipinski definition) is 3. The molecule has 2 N–H and O–H groups in total. The number of nitrogens with one attached hydrogen (secondary N) is 2. The first-order valence-electron chi connectivity index (χ1n) is 6.15. The van der Waals surface area contributed by atoms with Gasteiger partial charge < -0.3 is 9.88 Å². The molecule has 6 heteroatoms. The monoisotopic (exact) mass is 274 g/mol. The predicted molar refractivity (Wildman–Crippen MR) is 73.4 cm³/mol. The number of amides is 1. The summed E-state index contributed by atoms with van der Waals surface area (Å²) in [6, 6.07) is 6.06. The van der Waals surface area contributed by atoms with Gasteiger partial charge >= 0.3 is 0 Å². The van der Waals surface area contributed by atoms with Crippen molar-refractivity contribution in [3.8, 4) is 0 Å². The molecule has 5 nitrogen and oxygen atoms in total. The number of nitrogens with zero attached hydrogens (tertiary/aromatic N) is 2. The van der Waals surface area contributed by atoms with Gasteiger partial charge in [0.2, 0.25) is 0 Å². The average Bonchev–Trinajstić information content (AvgIpc) is 2.93. The molecule has 0 unspecified atom stereocenters. The second kappa shape index (κ2) is 4.62. The van der Waals surface area contributed by atoms with Gasteiger partial charge in [0.15, 0.2) is 4.77 Å². The van der Waals surface area contributed by atoms with Crippen LogP contribution in [0.5, 0.6) is 0 Å². The molecule has 2 heterocycles. The van der Waals surface area contributed by atoms with E-state index in [-0.39, 0.29) is 5.91 Å². The SMILES string of the molecule is Cn1c(CCc2ccc3c(c2)C(=O)NC3)n[nH]c1=S. The smallest absolute Gasteiger partial charge is 0.251 e. The number of aromatic nitrogens is 3. The molecule has 0 bridgehead atoms. The van der Waals surface area contributed by atoms with Crippen LogP contribution in [0.1, 0.15) is 27.3 Å². The Kier molecular flexibility index (Phi) is 2.94. The molecule has 3 rings (SSSR count). The summed E-state index contributed by atoms with van der Waals surface area (Å²) in [5, 5.41) is 9.78. The molecule has 0 radical (unpaired) electrons. The first kappa shape index (κ1) is 12.1. The van der Waals surface area contributed by atoms with Gasteiger partial charge in [-0.3, -0.25) is 9.89 Å². The van der Waals surface area contributed by atoms with Crippen LogP contribution in [0.15, 0.2) is 18.2 Å². The standard InChI is InChI=1S/C13H14N4OS/c1-17-11(15-16-13(17)19)5-3-8-2-4-9-7-14-12(18)10(9)6-8/h2,4,6H,3,5,7H2,1H3,(H,14,18)(H,16,19). The van der Waals surface area contributed by atoms with Gasteiger partial charge in [0.25, 0.3) is 5.91 Å². The summed E-state index contributed by atoms with van der Waals surface area (Å²) in [6.45, 7) is 0.641. The van der Waals surface area contributed by atoms with Crippen LogP contribution in [0, 0.1) is 4.77 Å². The molecular formula is C13H14N4OS. The Morgan fingerprint density at radius 1 is 1.42 bits per heavy atom. The van der Waals surface area contributed by atoms with Gasteiger partial charge in [-0.25, -0.2) is 0 Å². The van der Waals surface area contributed by atoms with Crippen molar-refractivity contribution in [1.82, 2.24) is 20.1 Å². The minimum Gasteiger partial charge on any atom is -0.348 e. The highest BCUT2D eigenvalue weighted by molar-refractivity contribution is 7.71. The van der Waals surface area contributed by atoms with E-state index in [0.717, 1.165) is 35.4 Å². The largest absolute Gasteiger partial charge is 0.348 e. The number of H-pyrrole nitrogens is 1. The van der Waals surface area contributed by atoms with Crippen molar-refractivity contribution >= 4 is 18.1 Å². The highest BCUT2D eigenvalue weighted by atomic mass is 32.1. The summed E-state index contributed by atoms with van der Waals surface area (Å²) < 4.78 is 2.50. The molecule has 0 atom stereocenters. The summed E-state index contributed by atoms with van der Waals surface area (Å²) in [4.78, 5) is 11.6. The highest BCUT2D eigenvalue weighted by Gasteiger charge is 2.18. The zero-order valence-electron chi connectivity index (χ0n) is 10.6. The Morgan fingerprint density at radius 3 is 3.00 bits per heavy atom. The van der Waals surface area contributed by atoms with Gasteiger partial charge in [-0.05, 0) is 35.8 Å². The van der Waals surface area contributed by atoms with Crippen molar-refractivity contribution < 1.29 is 4.79 Å². The number of aryl methyl sites for hydroxylation is 2. The van der Waals surface area contributed by atoms with E-state index in [1.165, 1.54) is 0 Å². The molecule has 0 saturated heterocycles. The second-order valence-electron chi connectivity index (χ2n) is 4.68. The van der Waals surface area contributed by atoms with E-state index in [0.29, 0.717) is 11.3 Å². The third-order valence-corrected chi connectivity index (χ3v) is 3.83. The fourth-order valence-electron chi connectivity index (χ4n) is 2.27. The van der Waals surface area contributed by atoms with Crippen LogP contribution in [0.4, 0.5) is 0 Å². The van der Waals surface area contributed by atoms with Crippen molar-refractivity contribution in [1.29, 1.82) is 0 Å². The molecule has 1 aromatic heterocycles. The summed E-state index contributed by atoms with van der Waals surface area (Å²) >= 11 is 5.08. The second-order valence-corrected chi connectivity index (χ2v) is 5.06. The van der Waals surface area contributed by atoms with Crippen LogP contribution in [0.2, 0.25) is 0 Å². The molecule has 98 valence electrons. The van der Waals surface area contributed by atoms with Gasteiger partial charge in [0, 0.05) is 25.6 Å². The van der Waals surface area contributed by atoms with E-state index in [2.05, 4.69) is 21.6 Å². The summed E-state index contributed by atoms with van der Waals surface area (Å²) in [6.07, 6.45) is 1.64. The van der Waals surface area contributed by atoms with Crippen LogP contribution < -0.4 is 5.32 Å². The van der Waals surface area contributed by atoms with Crippen LogP contribution in [-0.2, 0) is 26.4 Å². The number of hydrogen-bond donors (Lipinski definition) is 2. The Bertz CT molecular complexity index is 701. The van der Waals surface area contributed by atoms with Crippen LogP contribution in [0.25, 0.3) is 0 Å². The van der Waals surface area contributed by atoms with Gasteiger partial charge in [-0.2, -0.15) is 5.10 Å². The molecule has 1 aliphatic rings. The summed E-state index contributed by atoms with van der Waals surface area (Å²) in [7, 11) is 1.90. The predicted octanol–water partition coefficient (Wildman–Crippen LogP) is 1.51. The molecule has 0 aliphatic carbocycles. The Labute approximate surface area is 115 Å². The summed E-state index contributed by atoms with van der Waals surface area (Å²) in [5.74, 6) is 0.949. The zero-order chi connectivity index (χ0) is 13.4. The maximum atomic E-state index is 11.6. The molecule has 2 aromatic rings. The van der Waals surface area contributed by atoms with Crippen molar-refractivity contribution in [3.63, 3.8) is 0 Å². The lowest BCUT2D eigenvalue weighted by Gasteiger charge is -2.03. The number of carbonyl (C=O) groups is 1. The molecule has 1 aromatic carbocycles. The van der Waals surface area contributed by atoms with Gasteiger partial charge in [0.05, 0.1) is 0 Å². The van der Waals surface area contributed by atoms with Crippen LogP contribution >= 0.6 is 12.2 Å². The molecule has 0 fully saturated rings. The number of fused-ring (bicyclic) bond motifs is 1. The van der Waals surface area contributed by atoms with Crippen molar-refractivity contribution in [2.45, 2.75) is 19.4 Å².